The molecule has 112 valence electrons. The Hall–Kier alpha value is -1.66. The van der Waals surface area contributed by atoms with Crippen LogP contribution in [0, 0.1) is 0 Å². The first-order chi connectivity index (χ1) is 10.8. The number of hydrogen-bond donors (Lipinski definition) is 0. The third-order valence-electron chi connectivity index (χ3n) is 3.81. The predicted octanol–water partition coefficient (Wildman–Crippen LogP) is 3.92. The number of benzene rings is 1. The average Bonchev–Trinajstić information content (AvgIpc) is 2.87. The minimum Gasteiger partial charge on any atom is -0.310 e. The summed E-state index contributed by atoms with van der Waals surface area (Å²) in [6, 6.07) is 6.22. The first-order valence-electron chi connectivity index (χ1n) is 7.36. The Kier molecular flexibility index (Phi) is 3.50. The number of anilines is 1. The van der Waals surface area contributed by atoms with Crippen LogP contribution >= 0.6 is 23.1 Å². The van der Waals surface area contributed by atoms with Crippen molar-refractivity contribution in [2.24, 2.45) is 4.99 Å². The van der Waals surface area contributed by atoms with Gasteiger partial charge in [-0.15, -0.1) is 11.8 Å². The maximum absolute atomic E-state index is 12.3. The highest BCUT2D eigenvalue weighted by atomic mass is 32.2. The zero-order valence-corrected chi connectivity index (χ0v) is 13.8. The van der Waals surface area contributed by atoms with Gasteiger partial charge in [0.25, 0.3) is 0 Å². The van der Waals surface area contributed by atoms with E-state index in [2.05, 4.69) is 30.1 Å². The van der Waals surface area contributed by atoms with E-state index < -0.39 is 0 Å². The van der Waals surface area contributed by atoms with Gasteiger partial charge in [-0.05, 0) is 12.5 Å². The van der Waals surface area contributed by atoms with E-state index in [1.165, 1.54) is 9.77 Å². The van der Waals surface area contributed by atoms with Gasteiger partial charge in [-0.25, -0.2) is 9.98 Å². The van der Waals surface area contributed by atoms with Crippen molar-refractivity contribution in [1.29, 1.82) is 0 Å². The molecule has 0 bridgehead atoms. The predicted molar refractivity (Wildman–Crippen MR) is 92.8 cm³/mol. The van der Waals surface area contributed by atoms with Crippen LogP contribution in [0.3, 0.4) is 0 Å². The SMILES string of the molecule is CCC=Nc1nc2c(s1)CCN1C(=O)CSc3cccc-2c31. The summed E-state index contributed by atoms with van der Waals surface area (Å²) in [5, 5.41) is 0.813. The average molecular weight is 329 g/mol. The van der Waals surface area contributed by atoms with Crippen molar-refractivity contribution in [2.75, 3.05) is 17.2 Å². The number of carbonyl (C=O) groups excluding carboxylic acids is 1. The van der Waals surface area contributed by atoms with E-state index in [9.17, 15) is 4.79 Å². The number of aliphatic imine (C=N–C) groups is 1. The highest BCUT2D eigenvalue weighted by Gasteiger charge is 2.31. The van der Waals surface area contributed by atoms with Crippen LogP contribution < -0.4 is 4.90 Å². The molecule has 4 nitrogen and oxygen atoms in total. The van der Waals surface area contributed by atoms with E-state index in [-0.39, 0.29) is 5.91 Å². The molecule has 0 aliphatic carbocycles. The van der Waals surface area contributed by atoms with Gasteiger partial charge in [-0.1, -0.05) is 30.4 Å². The number of nitrogens with zero attached hydrogens (tertiary/aromatic N) is 3. The molecule has 3 heterocycles. The van der Waals surface area contributed by atoms with Crippen molar-refractivity contribution < 1.29 is 4.79 Å². The summed E-state index contributed by atoms with van der Waals surface area (Å²) in [6.45, 7) is 2.80. The first-order valence-corrected chi connectivity index (χ1v) is 9.17. The van der Waals surface area contributed by atoms with Crippen molar-refractivity contribution in [2.45, 2.75) is 24.7 Å². The van der Waals surface area contributed by atoms with Gasteiger partial charge in [0, 0.05) is 34.5 Å². The molecule has 0 radical (unpaired) electrons. The first kappa shape index (κ1) is 14.0. The molecule has 0 unspecified atom stereocenters. The number of thiazole rings is 1. The maximum atomic E-state index is 12.3. The molecule has 0 N–H and O–H groups in total. The quantitative estimate of drug-likeness (QED) is 0.785. The van der Waals surface area contributed by atoms with E-state index in [1.54, 1.807) is 23.1 Å². The van der Waals surface area contributed by atoms with Crippen LogP contribution in [0.2, 0.25) is 0 Å². The van der Waals surface area contributed by atoms with Gasteiger partial charge in [0.05, 0.1) is 17.1 Å². The largest absolute Gasteiger partial charge is 0.310 e. The Bertz CT molecular complexity index is 782. The Morgan fingerprint density at radius 1 is 1.45 bits per heavy atom. The molecule has 1 amide bonds. The molecule has 6 heteroatoms. The van der Waals surface area contributed by atoms with Gasteiger partial charge in [0.1, 0.15) is 0 Å². The standard InChI is InChI=1S/C16H15N3OS2/c1-2-7-17-16-18-14-10-4-3-5-12-15(10)19(13(20)9-21-12)8-6-11(14)22-16/h3-5,7H,2,6,8-9H2,1H3. The second kappa shape index (κ2) is 5.52. The molecule has 0 spiro atoms. The van der Waals surface area contributed by atoms with Gasteiger partial charge >= 0.3 is 0 Å². The van der Waals surface area contributed by atoms with Crippen LogP contribution in [-0.4, -0.2) is 29.4 Å². The summed E-state index contributed by atoms with van der Waals surface area (Å²) in [5.74, 6) is 0.730. The lowest BCUT2D eigenvalue weighted by Gasteiger charge is -2.29. The molecule has 2 aliphatic rings. The molecule has 2 aromatic rings. The van der Waals surface area contributed by atoms with Crippen LogP contribution in [0.5, 0.6) is 0 Å². The fraction of sp³-hybridized carbons (Fsp3) is 0.312. The van der Waals surface area contributed by atoms with Gasteiger partial charge in [-0.3, -0.25) is 4.79 Å². The molecule has 4 rings (SSSR count). The van der Waals surface area contributed by atoms with E-state index in [1.807, 2.05) is 11.1 Å². The smallest absolute Gasteiger partial charge is 0.237 e. The van der Waals surface area contributed by atoms with E-state index in [4.69, 9.17) is 4.98 Å². The molecule has 0 saturated carbocycles. The Morgan fingerprint density at radius 3 is 3.23 bits per heavy atom. The van der Waals surface area contributed by atoms with Gasteiger partial charge < -0.3 is 4.90 Å². The van der Waals surface area contributed by atoms with Crippen molar-refractivity contribution in [3.8, 4) is 11.3 Å². The topological polar surface area (TPSA) is 45.6 Å². The third-order valence-corrected chi connectivity index (χ3v) is 5.86. The fourth-order valence-electron chi connectivity index (χ4n) is 2.84. The number of hydrogen-bond acceptors (Lipinski definition) is 5. The van der Waals surface area contributed by atoms with Crippen LogP contribution in [0.1, 0.15) is 18.2 Å². The van der Waals surface area contributed by atoms with E-state index in [0.717, 1.165) is 41.5 Å². The number of carbonyl (C=O) groups is 1. The fourth-order valence-corrected chi connectivity index (χ4v) is 4.74. The Morgan fingerprint density at radius 2 is 2.36 bits per heavy atom. The van der Waals surface area contributed by atoms with Gasteiger partial charge in [0.2, 0.25) is 11.0 Å². The molecule has 1 aromatic heterocycles. The summed E-state index contributed by atoms with van der Waals surface area (Å²) in [5.41, 5.74) is 3.11. The highest BCUT2D eigenvalue weighted by Crippen LogP contribution is 2.46. The van der Waals surface area contributed by atoms with Crippen molar-refractivity contribution >= 4 is 46.0 Å². The number of fused-ring (bicyclic) bond motifs is 2. The summed E-state index contributed by atoms with van der Waals surface area (Å²) in [7, 11) is 0. The highest BCUT2D eigenvalue weighted by molar-refractivity contribution is 8.00. The molecule has 22 heavy (non-hydrogen) atoms. The summed E-state index contributed by atoms with van der Waals surface area (Å²) in [4.78, 5) is 25.8. The van der Waals surface area contributed by atoms with Crippen molar-refractivity contribution in [3.63, 3.8) is 0 Å². The Labute approximate surface area is 137 Å². The normalized spacial score (nSPS) is 16.6. The molecule has 0 fully saturated rings. The number of aromatic nitrogens is 1. The van der Waals surface area contributed by atoms with Crippen molar-refractivity contribution in [1.82, 2.24) is 4.98 Å². The third kappa shape index (κ3) is 2.18. The van der Waals surface area contributed by atoms with E-state index in [0.29, 0.717) is 5.75 Å². The number of thioether (sulfide) groups is 1. The van der Waals surface area contributed by atoms with Crippen LogP contribution in [-0.2, 0) is 11.2 Å². The lowest BCUT2D eigenvalue weighted by Crippen LogP contribution is -2.36. The minimum absolute atomic E-state index is 0.198. The molecule has 2 aliphatic heterocycles. The van der Waals surface area contributed by atoms with E-state index >= 15 is 0 Å². The number of rotatable bonds is 2. The molecular formula is C16H15N3OS2. The summed E-state index contributed by atoms with van der Waals surface area (Å²) >= 11 is 3.26. The monoisotopic (exact) mass is 329 g/mol. The lowest BCUT2D eigenvalue weighted by molar-refractivity contribution is -0.116. The number of para-hydroxylation sites is 1. The molecule has 1 aromatic carbocycles. The molecular weight excluding hydrogens is 314 g/mol. The molecule has 0 atom stereocenters. The summed E-state index contributed by atoms with van der Waals surface area (Å²) < 4.78 is 0. The minimum atomic E-state index is 0.198. The van der Waals surface area contributed by atoms with Crippen LogP contribution in [0.25, 0.3) is 11.3 Å². The zero-order valence-electron chi connectivity index (χ0n) is 12.2. The number of amides is 1. The summed E-state index contributed by atoms with van der Waals surface area (Å²) in [6.07, 6.45) is 3.65. The second-order valence-electron chi connectivity index (χ2n) is 5.22. The lowest BCUT2D eigenvalue weighted by atomic mass is 10.1. The maximum Gasteiger partial charge on any atom is 0.237 e. The molecule has 0 saturated heterocycles. The van der Waals surface area contributed by atoms with Crippen LogP contribution in [0.15, 0.2) is 28.1 Å². The Balaban J connectivity index is 1.89. The van der Waals surface area contributed by atoms with Gasteiger partial charge in [0.15, 0.2) is 0 Å². The van der Waals surface area contributed by atoms with Crippen LogP contribution in [0.4, 0.5) is 10.8 Å². The van der Waals surface area contributed by atoms with Gasteiger partial charge in [-0.2, -0.15) is 0 Å². The van der Waals surface area contributed by atoms with Crippen molar-refractivity contribution in [3.05, 3.63) is 23.1 Å². The second-order valence-corrected chi connectivity index (χ2v) is 7.30. The zero-order chi connectivity index (χ0) is 15.1.